The number of hydrogen-bond donors (Lipinski definition) is 2. The molecule has 0 fully saturated rings. The van der Waals surface area contributed by atoms with Crippen LogP contribution in [0.4, 0.5) is 15.8 Å². The molecule has 0 amide bonds. The van der Waals surface area contributed by atoms with Crippen molar-refractivity contribution in [1.82, 2.24) is 0 Å². The second kappa shape index (κ2) is 7.76. The normalized spacial score (nSPS) is 11.2. The van der Waals surface area contributed by atoms with E-state index in [9.17, 15) is 12.8 Å². The molecule has 0 spiro atoms. The van der Waals surface area contributed by atoms with E-state index in [1.54, 1.807) is 48.5 Å². The average molecular weight is 391 g/mol. The van der Waals surface area contributed by atoms with Gasteiger partial charge in [0, 0.05) is 22.9 Å². The molecule has 26 heavy (non-hydrogen) atoms. The van der Waals surface area contributed by atoms with E-state index in [0.717, 1.165) is 11.3 Å². The zero-order valence-electron chi connectivity index (χ0n) is 13.6. The molecule has 0 saturated heterocycles. The lowest BCUT2D eigenvalue weighted by Gasteiger charge is -2.10. The van der Waals surface area contributed by atoms with Gasteiger partial charge in [0.15, 0.2) is 0 Å². The van der Waals surface area contributed by atoms with Crippen LogP contribution < -0.4 is 10.0 Å². The highest BCUT2D eigenvalue weighted by atomic mass is 35.5. The van der Waals surface area contributed by atoms with Gasteiger partial charge in [-0.2, -0.15) is 0 Å². The molecular formula is C19H16ClFN2O2S. The van der Waals surface area contributed by atoms with Crippen molar-refractivity contribution in [2.24, 2.45) is 0 Å². The van der Waals surface area contributed by atoms with Gasteiger partial charge in [0.05, 0.1) is 4.90 Å². The van der Waals surface area contributed by atoms with Gasteiger partial charge in [0.2, 0.25) is 0 Å². The van der Waals surface area contributed by atoms with Gasteiger partial charge in [0.25, 0.3) is 10.0 Å². The Labute approximate surface area is 156 Å². The zero-order valence-corrected chi connectivity index (χ0v) is 15.2. The minimum Gasteiger partial charge on any atom is -0.381 e. The minimum atomic E-state index is -3.70. The molecule has 0 heterocycles. The van der Waals surface area contributed by atoms with Gasteiger partial charge in [-0.1, -0.05) is 29.8 Å². The molecule has 4 nitrogen and oxygen atoms in total. The summed E-state index contributed by atoms with van der Waals surface area (Å²) in [6.45, 7) is 0.536. The summed E-state index contributed by atoms with van der Waals surface area (Å²) in [5, 5.41) is 3.55. The van der Waals surface area contributed by atoms with Crippen LogP contribution in [-0.4, -0.2) is 8.42 Å². The molecule has 0 atom stereocenters. The van der Waals surface area contributed by atoms with Crippen molar-refractivity contribution in [3.05, 3.63) is 89.2 Å². The van der Waals surface area contributed by atoms with Gasteiger partial charge in [-0.15, -0.1) is 0 Å². The van der Waals surface area contributed by atoms with E-state index < -0.39 is 10.0 Å². The van der Waals surface area contributed by atoms with Gasteiger partial charge < -0.3 is 5.32 Å². The van der Waals surface area contributed by atoms with Crippen LogP contribution in [0, 0.1) is 5.82 Å². The third-order valence-electron chi connectivity index (χ3n) is 3.65. The van der Waals surface area contributed by atoms with Crippen molar-refractivity contribution < 1.29 is 12.8 Å². The number of anilines is 2. The number of hydrogen-bond acceptors (Lipinski definition) is 3. The smallest absolute Gasteiger partial charge is 0.261 e. The summed E-state index contributed by atoms with van der Waals surface area (Å²) in [4.78, 5) is 0.100. The molecule has 0 unspecified atom stereocenters. The molecular weight excluding hydrogens is 375 g/mol. The molecule has 0 radical (unpaired) electrons. The maximum atomic E-state index is 12.9. The van der Waals surface area contributed by atoms with E-state index in [0.29, 0.717) is 17.3 Å². The van der Waals surface area contributed by atoms with Crippen molar-refractivity contribution in [1.29, 1.82) is 0 Å². The Bertz CT molecular complexity index is 991. The van der Waals surface area contributed by atoms with Crippen LogP contribution >= 0.6 is 11.6 Å². The average Bonchev–Trinajstić information content (AvgIpc) is 2.62. The van der Waals surface area contributed by atoms with E-state index in [1.807, 2.05) is 0 Å². The molecule has 0 aliphatic heterocycles. The second-order valence-corrected chi connectivity index (χ2v) is 7.74. The van der Waals surface area contributed by atoms with Crippen molar-refractivity contribution in [2.75, 3.05) is 10.0 Å². The Morgan fingerprint density at radius 2 is 1.54 bits per heavy atom. The first-order chi connectivity index (χ1) is 12.4. The van der Waals surface area contributed by atoms with Crippen LogP contribution in [0.15, 0.2) is 77.7 Å². The molecule has 0 bridgehead atoms. The predicted octanol–water partition coefficient (Wildman–Crippen LogP) is 4.89. The van der Waals surface area contributed by atoms with E-state index in [1.165, 1.54) is 24.3 Å². The van der Waals surface area contributed by atoms with Gasteiger partial charge in [-0.05, 0) is 60.2 Å². The number of sulfonamides is 1. The van der Waals surface area contributed by atoms with Crippen LogP contribution in [0.25, 0.3) is 0 Å². The van der Waals surface area contributed by atoms with Crippen molar-refractivity contribution in [3.8, 4) is 0 Å². The van der Waals surface area contributed by atoms with Crippen molar-refractivity contribution in [3.63, 3.8) is 0 Å². The van der Waals surface area contributed by atoms with Crippen molar-refractivity contribution >= 4 is 33.0 Å². The summed E-state index contributed by atoms with van der Waals surface area (Å²) in [5.41, 5.74) is 2.20. The van der Waals surface area contributed by atoms with Gasteiger partial charge >= 0.3 is 0 Å². The highest BCUT2D eigenvalue weighted by Crippen LogP contribution is 2.21. The molecule has 0 aromatic heterocycles. The topological polar surface area (TPSA) is 58.2 Å². The van der Waals surface area contributed by atoms with E-state index in [2.05, 4.69) is 10.0 Å². The quantitative estimate of drug-likeness (QED) is 0.629. The largest absolute Gasteiger partial charge is 0.381 e. The van der Waals surface area contributed by atoms with Gasteiger partial charge in [-0.25, -0.2) is 12.8 Å². The summed E-state index contributed by atoms with van der Waals surface area (Å²) in [6, 6.07) is 19.1. The first-order valence-electron chi connectivity index (χ1n) is 7.79. The summed E-state index contributed by atoms with van der Waals surface area (Å²) >= 11 is 5.85. The van der Waals surface area contributed by atoms with Crippen LogP contribution in [-0.2, 0) is 16.6 Å². The minimum absolute atomic E-state index is 0.100. The Kier molecular flexibility index (Phi) is 5.44. The lowest BCUT2D eigenvalue weighted by atomic mass is 10.2. The highest BCUT2D eigenvalue weighted by Gasteiger charge is 2.14. The summed E-state index contributed by atoms with van der Waals surface area (Å²) < 4.78 is 40.1. The lowest BCUT2D eigenvalue weighted by Crippen LogP contribution is -2.12. The zero-order chi connectivity index (χ0) is 18.6. The molecule has 3 aromatic rings. The Balaban J connectivity index is 1.64. The van der Waals surface area contributed by atoms with Crippen LogP contribution in [0.5, 0.6) is 0 Å². The molecule has 2 N–H and O–H groups in total. The molecule has 0 saturated carbocycles. The number of benzene rings is 3. The number of halogens is 2. The fraction of sp³-hybridized carbons (Fsp3) is 0.0526. The molecule has 0 aliphatic carbocycles. The predicted molar refractivity (Wildman–Crippen MR) is 102 cm³/mol. The SMILES string of the molecule is O=S(=O)(Nc1ccc(NCc2ccc(F)cc2)cc1)c1cccc(Cl)c1. The maximum absolute atomic E-state index is 12.9. The molecule has 3 aromatic carbocycles. The third-order valence-corrected chi connectivity index (χ3v) is 5.27. The Morgan fingerprint density at radius 1 is 0.885 bits per heavy atom. The highest BCUT2D eigenvalue weighted by molar-refractivity contribution is 7.92. The van der Waals surface area contributed by atoms with Crippen LogP contribution in [0.1, 0.15) is 5.56 Å². The van der Waals surface area contributed by atoms with Crippen LogP contribution in [0.2, 0.25) is 5.02 Å². The first-order valence-corrected chi connectivity index (χ1v) is 9.65. The van der Waals surface area contributed by atoms with E-state index in [-0.39, 0.29) is 10.7 Å². The first kappa shape index (κ1) is 18.2. The van der Waals surface area contributed by atoms with E-state index >= 15 is 0 Å². The molecule has 7 heteroatoms. The summed E-state index contributed by atoms with van der Waals surface area (Å²) in [6.07, 6.45) is 0. The lowest BCUT2D eigenvalue weighted by molar-refractivity contribution is 0.601. The molecule has 134 valence electrons. The second-order valence-electron chi connectivity index (χ2n) is 5.62. The van der Waals surface area contributed by atoms with Crippen LogP contribution in [0.3, 0.4) is 0 Å². The number of rotatable bonds is 6. The maximum Gasteiger partial charge on any atom is 0.261 e. The Morgan fingerprint density at radius 3 is 2.19 bits per heavy atom. The Hall–Kier alpha value is -2.57. The number of nitrogens with one attached hydrogen (secondary N) is 2. The molecule has 0 aliphatic rings. The summed E-state index contributed by atoms with van der Waals surface area (Å²) in [5.74, 6) is -0.273. The fourth-order valence-corrected chi connectivity index (χ4v) is 3.67. The third kappa shape index (κ3) is 4.74. The van der Waals surface area contributed by atoms with Gasteiger partial charge in [-0.3, -0.25) is 4.72 Å². The molecule has 3 rings (SSSR count). The van der Waals surface area contributed by atoms with Crippen molar-refractivity contribution in [2.45, 2.75) is 11.4 Å². The fourth-order valence-electron chi connectivity index (χ4n) is 2.31. The summed E-state index contributed by atoms with van der Waals surface area (Å²) in [7, 11) is -3.70. The van der Waals surface area contributed by atoms with Gasteiger partial charge in [0.1, 0.15) is 5.82 Å². The standard InChI is InChI=1S/C19H16ClFN2O2S/c20-15-2-1-3-19(12-15)26(24,25)23-18-10-8-17(9-11-18)22-13-14-4-6-16(21)7-5-14/h1-12,22-23H,13H2. The monoisotopic (exact) mass is 390 g/mol. The van der Waals surface area contributed by atoms with E-state index in [4.69, 9.17) is 11.6 Å².